The number of para-hydroxylation sites is 2. The lowest BCUT2D eigenvalue weighted by molar-refractivity contribution is -0.123. The molecule has 9 heteroatoms. The molecule has 3 aromatic carbocycles. The van der Waals surface area contributed by atoms with Crippen LogP contribution in [0.3, 0.4) is 0 Å². The van der Waals surface area contributed by atoms with Crippen LogP contribution in [0.25, 0.3) is 0 Å². The molecule has 0 radical (unpaired) electrons. The highest BCUT2D eigenvalue weighted by molar-refractivity contribution is 5.93. The van der Waals surface area contributed by atoms with Crippen molar-refractivity contribution in [2.45, 2.75) is 0 Å². The van der Waals surface area contributed by atoms with Crippen LogP contribution in [-0.4, -0.2) is 52.4 Å². The van der Waals surface area contributed by atoms with Crippen LogP contribution >= 0.6 is 0 Å². The molecule has 0 bridgehead atoms. The fraction of sp³-hybridized carbons (Fsp3) is 0.192. The highest BCUT2D eigenvalue weighted by Gasteiger charge is 2.08. The smallest absolute Gasteiger partial charge is 0.277 e. The molecule has 0 unspecified atom stereocenters. The number of rotatable bonds is 11. The highest BCUT2D eigenvalue weighted by atomic mass is 16.5. The lowest BCUT2D eigenvalue weighted by atomic mass is 10.2. The van der Waals surface area contributed by atoms with Crippen LogP contribution in [0.5, 0.6) is 17.2 Å². The number of anilines is 2. The van der Waals surface area contributed by atoms with E-state index < -0.39 is 0 Å². The number of amides is 2. The number of methoxy groups -OCH3 is 1. The van der Waals surface area contributed by atoms with Gasteiger partial charge in [0, 0.05) is 25.8 Å². The van der Waals surface area contributed by atoms with E-state index >= 15 is 0 Å². The van der Waals surface area contributed by atoms with Crippen molar-refractivity contribution in [3.8, 4) is 17.2 Å². The first kappa shape index (κ1) is 25.1. The molecular weight excluding hydrogens is 448 g/mol. The first-order valence-corrected chi connectivity index (χ1v) is 10.8. The zero-order valence-corrected chi connectivity index (χ0v) is 19.9. The summed E-state index contributed by atoms with van der Waals surface area (Å²) in [5.41, 5.74) is 4.72. The van der Waals surface area contributed by atoms with Crippen molar-refractivity contribution in [2.24, 2.45) is 5.10 Å². The van der Waals surface area contributed by atoms with E-state index in [0.29, 0.717) is 22.9 Å². The Kier molecular flexibility index (Phi) is 9.07. The van der Waals surface area contributed by atoms with Crippen LogP contribution in [0.4, 0.5) is 11.4 Å². The van der Waals surface area contributed by atoms with Gasteiger partial charge in [-0.05, 0) is 54.1 Å². The predicted molar refractivity (Wildman–Crippen MR) is 136 cm³/mol. The number of hydrogen-bond acceptors (Lipinski definition) is 7. The minimum absolute atomic E-state index is 0.154. The molecule has 182 valence electrons. The minimum Gasteiger partial charge on any atom is -0.495 e. The van der Waals surface area contributed by atoms with Crippen LogP contribution in [0.15, 0.2) is 77.9 Å². The SMILES string of the molecule is COc1ccccc1NC(=O)COc1ccc(/C=N/NC(=O)COc2cccc(N(C)C)c2)cc1. The third-order valence-electron chi connectivity index (χ3n) is 4.74. The number of hydrazone groups is 1. The number of nitrogens with one attached hydrogen (secondary N) is 2. The Balaban J connectivity index is 1.40. The van der Waals surface area contributed by atoms with E-state index in [1.165, 1.54) is 13.3 Å². The van der Waals surface area contributed by atoms with Gasteiger partial charge in [0.15, 0.2) is 13.2 Å². The summed E-state index contributed by atoms with van der Waals surface area (Å²) in [5, 5.41) is 6.68. The quantitative estimate of drug-likeness (QED) is 0.325. The van der Waals surface area contributed by atoms with Gasteiger partial charge in [0.25, 0.3) is 11.8 Å². The Labute approximate surface area is 204 Å². The predicted octanol–water partition coefficient (Wildman–Crippen LogP) is 3.31. The van der Waals surface area contributed by atoms with Crippen LogP contribution in [0, 0.1) is 0 Å². The molecule has 0 aliphatic rings. The maximum Gasteiger partial charge on any atom is 0.277 e. The molecule has 0 spiro atoms. The van der Waals surface area contributed by atoms with Crippen molar-refractivity contribution in [3.05, 3.63) is 78.4 Å². The second kappa shape index (κ2) is 12.6. The third kappa shape index (κ3) is 8.08. The number of carbonyl (C=O) groups excluding carboxylic acids is 2. The van der Waals surface area contributed by atoms with Gasteiger partial charge in [-0.15, -0.1) is 0 Å². The molecule has 0 saturated carbocycles. The Hall–Kier alpha value is -4.53. The van der Waals surface area contributed by atoms with Crippen molar-refractivity contribution < 1.29 is 23.8 Å². The molecule has 3 rings (SSSR count). The van der Waals surface area contributed by atoms with Gasteiger partial charge in [0.2, 0.25) is 0 Å². The monoisotopic (exact) mass is 476 g/mol. The largest absolute Gasteiger partial charge is 0.495 e. The first-order chi connectivity index (χ1) is 16.9. The van der Waals surface area contributed by atoms with E-state index in [-0.39, 0.29) is 25.0 Å². The summed E-state index contributed by atoms with van der Waals surface area (Å²) in [4.78, 5) is 26.1. The molecule has 0 fully saturated rings. The van der Waals surface area contributed by atoms with Gasteiger partial charge in [0.05, 0.1) is 19.0 Å². The Bertz CT molecular complexity index is 1160. The molecule has 3 aromatic rings. The van der Waals surface area contributed by atoms with Crippen LogP contribution in [0.1, 0.15) is 5.56 Å². The number of benzene rings is 3. The summed E-state index contributed by atoms with van der Waals surface area (Å²) in [5.74, 6) is 1.01. The summed E-state index contributed by atoms with van der Waals surface area (Å²) in [6.45, 7) is -0.309. The van der Waals surface area contributed by atoms with Crippen LogP contribution < -0.4 is 29.9 Å². The molecular formula is C26H28N4O5. The van der Waals surface area contributed by atoms with Gasteiger partial charge in [-0.3, -0.25) is 9.59 Å². The van der Waals surface area contributed by atoms with Gasteiger partial charge < -0.3 is 24.4 Å². The molecule has 2 N–H and O–H groups in total. The molecule has 0 saturated heterocycles. The van der Waals surface area contributed by atoms with E-state index in [4.69, 9.17) is 14.2 Å². The number of nitrogens with zero attached hydrogens (tertiary/aromatic N) is 2. The number of ether oxygens (including phenoxy) is 3. The average molecular weight is 477 g/mol. The highest BCUT2D eigenvalue weighted by Crippen LogP contribution is 2.23. The van der Waals surface area contributed by atoms with Crippen molar-refractivity contribution in [1.82, 2.24) is 5.43 Å². The van der Waals surface area contributed by atoms with Gasteiger partial charge in [-0.25, -0.2) is 5.43 Å². The van der Waals surface area contributed by atoms with Crippen LogP contribution in [-0.2, 0) is 9.59 Å². The zero-order chi connectivity index (χ0) is 25.0. The Morgan fingerprint density at radius 1 is 0.886 bits per heavy atom. The number of carbonyl (C=O) groups is 2. The third-order valence-corrected chi connectivity index (χ3v) is 4.74. The summed E-state index contributed by atoms with van der Waals surface area (Å²) in [6, 6.07) is 21.5. The average Bonchev–Trinajstić information content (AvgIpc) is 2.87. The molecule has 0 aliphatic carbocycles. The molecule has 2 amide bonds. The maximum absolute atomic E-state index is 12.2. The summed E-state index contributed by atoms with van der Waals surface area (Å²) in [6.07, 6.45) is 1.50. The summed E-state index contributed by atoms with van der Waals surface area (Å²) < 4.78 is 16.2. The van der Waals surface area contributed by atoms with Crippen molar-refractivity contribution in [2.75, 3.05) is 44.6 Å². The first-order valence-electron chi connectivity index (χ1n) is 10.8. The molecule has 0 aliphatic heterocycles. The van der Waals surface area contributed by atoms with E-state index in [0.717, 1.165) is 11.3 Å². The second-order valence-corrected chi connectivity index (χ2v) is 7.58. The van der Waals surface area contributed by atoms with Crippen molar-refractivity contribution >= 4 is 29.4 Å². The van der Waals surface area contributed by atoms with E-state index in [1.807, 2.05) is 43.3 Å². The van der Waals surface area contributed by atoms with Gasteiger partial charge in [-0.1, -0.05) is 18.2 Å². The fourth-order valence-corrected chi connectivity index (χ4v) is 2.94. The summed E-state index contributed by atoms with van der Waals surface area (Å²) >= 11 is 0. The topological polar surface area (TPSA) is 101 Å². The normalized spacial score (nSPS) is 10.5. The molecule has 0 atom stereocenters. The lowest BCUT2D eigenvalue weighted by Gasteiger charge is -2.13. The van der Waals surface area contributed by atoms with Gasteiger partial charge in [0.1, 0.15) is 17.2 Å². The minimum atomic E-state index is -0.377. The maximum atomic E-state index is 12.2. The van der Waals surface area contributed by atoms with Crippen LogP contribution in [0.2, 0.25) is 0 Å². The lowest BCUT2D eigenvalue weighted by Crippen LogP contribution is -2.24. The standard InChI is InChI=1S/C26H28N4O5/c1-30(2)20-7-6-8-22(15-20)35-18-26(32)29-27-16-19-11-13-21(14-12-19)34-17-25(31)28-23-9-4-5-10-24(23)33-3/h4-16H,17-18H2,1-3H3,(H,28,31)(H,29,32)/b27-16+. The molecule has 9 nitrogen and oxygen atoms in total. The van der Waals surface area contributed by atoms with E-state index in [9.17, 15) is 9.59 Å². The molecule has 35 heavy (non-hydrogen) atoms. The van der Waals surface area contributed by atoms with Gasteiger partial charge >= 0.3 is 0 Å². The summed E-state index contributed by atoms with van der Waals surface area (Å²) in [7, 11) is 5.40. The molecule has 0 heterocycles. The Morgan fingerprint density at radius 2 is 1.60 bits per heavy atom. The Morgan fingerprint density at radius 3 is 2.34 bits per heavy atom. The van der Waals surface area contributed by atoms with E-state index in [1.54, 1.807) is 48.5 Å². The zero-order valence-electron chi connectivity index (χ0n) is 19.9. The van der Waals surface area contributed by atoms with Gasteiger partial charge in [-0.2, -0.15) is 5.10 Å². The fourth-order valence-electron chi connectivity index (χ4n) is 2.94. The van der Waals surface area contributed by atoms with Crippen molar-refractivity contribution in [1.29, 1.82) is 0 Å². The van der Waals surface area contributed by atoms with E-state index in [2.05, 4.69) is 15.8 Å². The molecule has 0 aromatic heterocycles. The second-order valence-electron chi connectivity index (χ2n) is 7.58. The number of hydrogen-bond donors (Lipinski definition) is 2. The van der Waals surface area contributed by atoms with Crippen molar-refractivity contribution in [3.63, 3.8) is 0 Å².